The van der Waals surface area contributed by atoms with Crippen molar-refractivity contribution in [2.24, 2.45) is 0 Å². The molecule has 0 bridgehead atoms. The molecular weight excluding hydrogens is 286 g/mol. The average Bonchev–Trinajstić information content (AvgIpc) is 2.63. The maximum absolute atomic E-state index is 5.57. The van der Waals surface area contributed by atoms with Gasteiger partial charge in [-0.15, -0.1) is 0 Å². The summed E-state index contributed by atoms with van der Waals surface area (Å²) in [5.41, 5.74) is 3.06. The predicted molar refractivity (Wildman–Crippen MR) is 94.2 cm³/mol. The van der Waals surface area contributed by atoms with E-state index in [9.17, 15) is 0 Å². The highest BCUT2D eigenvalue weighted by molar-refractivity contribution is 5.80. The lowest BCUT2D eigenvalue weighted by molar-refractivity contribution is 0.404. The Morgan fingerprint density at radius 3 is 1.70 bits per heavy atom. The molecule has 0 saturated heterocycles. The zero-order valence-corrected chi connectivity index (χ0v) is 13.3. The minimum Gasteiger partial charge on any atom is -0.497 e. The summed E-state index contributed by atoms with van der Waals surface area (Å²) in [5.74, 6) is 1.58. The molecule has 3 heteroatoms. The van der Waals surface area contributed by atoms with Crippen molar-refractivity contribution in [1.29, 1.82) is 0 Å². The fourth-order valence-corrected chi connectivity index (χ4v) is 2.55. The topological polar surface area (TPSA) is 21.7 Å². The summed E-state index contributed by atoms with van der Waals surface area (Å²) in [4.78, 5) is 2.15. The first-order valence-corrected chi connectivity index (χ1v) is 7.45. The molecule has 0 aromatic heterocycles. The van der Waals surface area contributed by atoms with Gasteiger partial charge in [-0.1, -0.05) is 36.4 Å². The molecule has 3 aromatic rings. The first-order chi connectivity index (χ1) is 11.3. The molecule has 0 aliphatic heterocycles. The highest BCUT2D eigenvalue weighted by Gasteiger charge is 2.17. The smallest absolute Gasteiger partial charge is 0.143 e. The number of methoxy groups -OCH3 is 2. The van der Waals surface area contributed by atoms with Crippen LogP contribution in [0.1, 0.15) is 0 Å². The fraction of sp³-hybridized carbons (Fsp3) is 0.100. The van der Waals surface area contributed by atoms with Crippen LogP contribution in [0.2, 0.25) is 0 Å². The SMILES string of the molecule is COc1ccc(OC)c(N(c2ccccc2)c2ccccc2)c1. The number of anilines is 3. The first kappa shape index (κ1) is 15.0. The fourth-order valence-electron chi connectivity index (χ4n) is 2.55. The molecular formula is C20H19NO2. The largest absolute Gasteiger partial charge is 0.497 e. The summed E-state index contributed by atoms with van der Waals surface area (Å²) >= 11 is 0. The number of hydrogen-bond acceptors (Lipinski definition) is 3. The van der Waals surface area contributed by atoms with Gasteiger partial charge in [-0.3, -0.25) is 0 Å². The Hall–Kier alpha value is -2.94. The van der Waals surface area contributed by atoms with E-state index in [-0.39, 0.29) is 0 Å². The molecule has 0 aliphatic carbocycles. The number of para-hydroxylation sites is 2. The molecule has 3 nitrogen and oxygen atoms in total. The highest BCUT2D eigenvalue weighted by Crippen LogP contribution is 2.41. The van der Waals surface area contributed by atoms with Crippen LogP contribution in [0.3, 0.4) is 0 Å². The Morgan fingerprint density at radius 1 is 0.652 bits per heavy atom. The van der Waals surface area contributed by atoms with Gasteiger partial charge in [0.25, 0.3) is 0 Å². The normalized spacial score (nSPS) is 10.2. The second-order valence-corrected chi connectivity index (χ2v) is 5.04. The van der Waals surface area contributed by atoms with E-state index in [1.54, 1.807) is 14.2 Å². The molecule has 116 valence electrons. The van der Waals surface area contributed by atoms with Gasteiger partial charge in [-0.25, -0.2) is 0 Å². The number of benzene rings is 3. The predicted octanol–water partition coefficient (Wildman–Crippen LogP) is 5.17. The summed E-state index contributed by atoms with van der Waals surface area (Å²) in [6.45, 7) is 0. The Labute approximate surface area is 136 Å². The van der Waals surface area contributed by atoms with Gasteiger partial charge >= 0.3 is 0 Å². The van der Waals surface area contributed by atoms with Gasteiger partial charge < -0.3 is 14.4 Å². The second-order valence-electron chi connectivity index (χ2n) is 5.04. The third kappa shape index (κ3) is 3.14. The minimum atomic E-state index is 0.790. The van der Waals surface area contributed by atoms with Crippen LogP contribution in [0.4, 0.5) is 17.1 Å². The van der Waals surface area contributed by atoms with E-state index in [0.717, 1.165) is 28.6 Å². The lowest BCUT2D eigenvalue weighted by Crippen LogP contribution is -2.11. The van der Waals surface area contributed by atoms with Crippen LogP contribution in [-0.2, 0) is 0 Å². The van der Waals surface area contributed by atoms with E-state index in [1.165, 1.54) is 0 Å². The molecule has 0 fully saturated rings. The summed E-state index contributed by atoms with van der Waals surface area (Å²) in [6, 6.07) is 26.2. The van der Waals surface area contributed by atoms with Crippen LogP contribution in [0.25, 0.3) is 0 Å². The third-order valence-corrected chi connectivity index (χ3v) is 3.66. The van der Waals surface area contributed by atoms with Crippen LogP contribution >= 0.6 is 0 Å². The molecule has 0 saturated carbocycles. The van der Waals surface area contributed by atoms with Gasteiger partial charge in [0.05, 0.1) is 19.9 Å². The molecule has 0 atom stereocenters. The number of ether oxygens (including phenoxy) is 2. The number of rotatable bonds is 5. The van der Waals surface area contributed by atoms with Gasteiger partial charge in [-0.05, 0) is 36.4 Å². The van der Waals surface area contributed by atoms with Crippen molar-refractivity contribution in [2.75, 3.05) is 19.1 Å². The maximum Gasteiger partial charge on any atom is 0.143 e. The first-order valence-electron chi connectivity index (χ1n) is 7.45. The Morgan fingerprint density at radius 2 is 1.22 bits per heavy atom. The lowest BCUT2D eigenvalue weighted by atomic mass is 10.1. The second kappa shape index (κ2) is 6.88. The summed E-state index contributed by atoms with van der Waals surface area (Å²) < 4.78 is 11.0. The van der Waals surface area contributed by atoms with Crippen LogP contribution < -0.4 is 14.4 Å². The van der Waals surface area contributed by atoms with Crippen molar-refractivity contribution >= 4 is 17.1 Å². The van der Waals surface area contributed by atoms with E-state index in [0.29, 0.717) is 0 Å². The van der Waals surface area contributed by atoms with Crippen molar-refractivity contribution in [2.45, 2.75) is 0 Å². The molecule has 0 aliphatic rings. The quantitative estimate of drug-likeness (QED) is 0.649. The third-order valence-electron chi connectivity index (χ3n) is 3.66. The molecule has 3 rings (SSSR count). The molecule has 0 heterocycles. The van der Waals surface area contributed by atoms with E-state index >= 15 is 0 Å². The van der Waals surface area contributed by atoms with Gasteiger partial charge in [-0.2, -0.15) is 0 Å². The molecule has 3 aromatic carbocycles. The average molecular weight is 305 g/mol. The van der Waals surface area contributed by atoms with Gasteiger partial charge in [0.1, 0.15) is 11.5 Å². The molecule has 23 heavy (non-hydrogen) atoms. The number of nitrogens with zero attached hydrogens (tertiary/aromatic N) is 1. The minimum absolute atomic E-state index is 0.790. The lowest BCUT2D eigenvalue weighted by Gasteiger charge is -2.27. The van der Waals surface area contributed by atoms with Crippen molar-refractivity contribution < 1.29 is 9.47 Å². The summed E-state index contributed by atoms with van der Waals surface area (Å²) in [6.07, 6.45) is 0. The van der Waals surface area contributed by atoms with Gasteiger partial charge in [0.15, 0.2) is 0 Å². The van der Waals surface area contributed by atoms with Crippen molar-refractivity contribution in [1.82, 2.24) is 0 Å². The molecule has 0 amide bonds. The zero-order chi connectivity index (χ0) is 16.1. The van der Waals surface area contributed by atoms with E-state index < -0.39 is 0 Å². The van der Waals surface area contributed by atoms with Crippen LogP contribution in [-0.4, -0.2) is 14.2 Å². The maximum atomic E-state index is 5.57. The van der Waals surface area contributed by atoms with Crippen LogP contribution in [0.15, 0.2) is 78.9 Å². The molecule has 0 radical (unpaired) electrons. The summed E-state index contributed by atoms with van der Waals surface area (Å²) in [7, 11) is 3.35. The summed E-state index contributed by atoms with van der Waals surface area (Å²) in [5, 5.41) is 0. The van der Waals surface area contributed by atoms with Crippen LogP contribution in [0, 0.1) is 0 Å². The van der Waals surface area contributed by atoms with Crippen molar-refractivity contribution in [3.8, 4) is 11.5 Å². The van der Waals surface area contributed by atoms with Gasteiger partial charge in [0.2, 0.25) is 0 Å². The van der Waals surface area contributed by atoms with E-state index in [1.807, 2.05) is 54.6 Å². The van der Waals surface area contributed by atoms with Crippen LogP contribution in [0.5, 0.6) is 11.5 Å². The van der Waals surface area contributed by atoms with E-state index in [4.69, 9.17) is 9.47 Å². The van der Waals surface area contributed by atoms with E-state index in [2.05, 4.69) is 29.2 Å². The Bertz CT molecular complexity index is 718. The standard InChI is InChI=1S/C20H19NO2/c1-22-18-13-14-20(23-2)19(15-18)21(16-9-5-3-6-10-16)17-11-7-4-8-12-17/h3-15H,1-2H3. The van der Waals surface area contributed by atoms with Gasteiger partial charge in [0, 0.05) is 17.4 Å². The number of hydrogen-bond donors (Lipinski definition) is 0. The Balaban J connectivity index is 2.20. The van der Waals surface area contributed by atoms with Crippen molar-refractivity contribution in [3.05, 3.63) is 78.9 Å². The molecule has 0 N–H and O–H groups in total. The van der Waals surface area contributed by atoms with Crippen molar-refractivity contribution in [3.63, 3.8) is 0 Å². The molecule has 0 unspecified atom stereocenters. The molecule has 0 spiro atoms. The zero-order valence-electron chi connectivity index (χ0n) is 13.3. The Kier molecular flexibility index (Phi) is 4.48. The monoisotopic (exact) mass is 305 g/mol. The highest BCUT2D eigenvalue weighted by atomic mass is 16.5.